The fraction of sp³-hybridized carbons (Fsp3) is 0.462. The van der Waals surface area contributed by atoms with Gasteiger partial charge in [-0.2, -0.15) is 0 Å². The molecular weight excluding hydrogens is 216 g/mol. The number of carbonyl (C=O) groups is 1. The molecule has 0 bridgehead atoms. The van der Waals surface area contributed by atoms with Crippen molar-refractivity contribution in [3.8, 4) is 0 Å². The van der Waals surface area contributed by atoms with Gasteiger partial charge in [-0.15, -0.1) is 0 Å². The Morgan fingerprint density at radius 1 is 1.35 bits per heavy atom. The van der Waals surface area contributed by atoms with Gasteiger partial charge in [0.2, 0.25) is 5.91 Å². The third-order valence-electron chi connectivity index (χ3n) is 2.44. The van der Waals surface area contributed by atoms with Crippen molar-refractivity contribution in [3.63, 3.8) is 0 Å². The van der Waals surface area contributed by atoms with Crippen molar-refractivity contribution in [2.45, 2.75) is 13.3 Å². The van der Waals surface area contributed by atoms with Gasteiger partial charge in [-0.05, 0) is 18.1 Å². The van der Waals surface area contributed by atoms with Crippen molar-refractivity contribution < 1.29 is 9.53 Å². The summed E-state index contributed by atoms with van der Waals surface area (Å²) in [5, 5.41) is 5.90. The molecule has 0 aromatic heterocycles. The van der Waals surface area contributed by atoms with Gasteiger partial charge in [-0.25, -0.2) is 0 Å². The molecule has 0 unspecified atom stereocenters. The third-order valence-corrected chi connectivity index (χ3v) is 2.44. The van der Waals surface area contributed by atoms with Crippen LogP contribution in [0.15, 0.2) is 24.3 Å². The number of anilines is 1. The van der Waals surface area contributed by atoms with E-state index in [1.54, 1.807) is 7.11 Å². The lowest BCUT2D eigenvalue weighted by Crippen LogP contribution is -2.30. The Bertz CT molecular complexity index is 353. The Labute approximate surface area is 102 Å². The molecule has 0 atom stereocenters. The van der Waals surface area contributed by atoms with Crippen LogP contribution in [0, 0.1) is 0 Å². The van der Waals surface area contributed by atoms with Crippen molar-refractivity contribution in [2.24, 2.45) is 0 Å². The zero-order valence-corrected chi connectivity index (χ0v) is 10.5. The van der Waals surface area contributed by atoms with Crippen LogP contribution in [0.4, 0.5) is 5.69 Å². The molecule has 4 nitrogen and oxygen atoms in total. The average molecular weight is 236 g/mol. The lowest BCUT2D eigenvalue weighted by molar-refractivity contribution is -0.115. The highest BCUT2D eigenvalue weighted by molar-refractivity contribution is 5.92. The van der Waals surface area contributed by atoms with Crippen LogP contribution in [0.1, 0.15) is 12.5 Å². The van der Waals surface area contributed by atoms with E-state index >= 15 is 0 Å². The molecule has 1 rings (SSSR count). The Hall–Kier alpha value is -1.39. The van der Waals surface area contributed by atoms with Gasteiger partial charge in [-0.1, -0.05) is 25.1 Å². The molecule has 0 radical (unpaired) electrons. The molecule has 0 saturated heterocycles. The van der Waals surface area contributed by atoms with E-state index in [1.165, 1.54) is 0 Å². The Kier molecular flexibility index (Phi) is 6.29. The fourth-order valence-corrected chi connectivity index (χ4v) is 1.52. The molecule has 0 saturated carbocycles. The van der Waals surface area contributed by atoms with Crippen LogP contribution in [0.5, 0.6) is 0 Å². The molecule has 1 amide bonds. The van der Waals surface area contributed by atoms with E-state index in [-0.39, 0.29) is 5.91 Å². The molecule has 94 valence electrons. The predicted molar refractivity (Wildman–Crippen MR) is 69.2 cm³/mol. The zero-order chi connectivity index (χ0) is 12.5. The maximum Gasteiger partial charge on any atom is 0.238 e. The number of para-hydroxylation sites is 1. The molecule has 4 heteroatoms. The molecule has 0 aliphatic rings. The summed E-state index contributed by atoms with van der Waals surface area (Å²) in [4.78, 5) is 11.6. The van der Waals surface area contributed by atoms with E-state index in [9.17, 15) is 4.79 Å². The number of ether oxygens (including phenoxy) is 1. The summed E-state index contributed by atoms with van der Waals surface area (Å²) in [6, 6.07) is 7.85. The molecule has 0 aliphatic heterocycles. The number of benzene rings is 1. The van der Waals surface area contributed by atoms with Crippen LogP contribution >= 0.6 is 0 Å². The third kappa shape index (κ3) is 4.97. The second-order valence-corrected chi connectivity index (χ2v) is 3.73. The summed E-state index contributed by atoms with van der Waals surface area (Å²) in [5.74, 6) is -0.0259. The van der Waals surface area contributed by atoms with Gasteiger partial charge < -0.3 is 15.4 Å². The highest BCUT2D eigenvalue weighted by Crippen LogP contribution is 2.14. The number of carbonyl (C=O) groups excluding carboxylic acids is 1. The van der Waals surface area contributed by atoms with Crippen LogP contribution in [0.3, 0.4) is 0 Å². The van der Waals surface area contributed by atoms with E-state index < -0.39 is 0 Å². The minimum atomic E-state index is -0.0259. The van der Waals surface area contributed by atoms with Crippen LogP contribution in [-0.4, -0.2) is 32.7 Å². The highest BCUT2D eigenvalue weighted by atomic mass is 16.5. The molecule has 2 N–H and O–H groups in total. The number of hydrogen-bond donors (Lipinski definition) is 2. The Balaban J connectivity index is 2.39. The number of amides is 1. The summed E-state index contributed by atoms with van der Waals surface area (Å²) in [6.45, 7) is 3.67. The van der Waals surface area contributed by atoms with E-state index in [1.807, 2.05) is 24.3 Å². The van der Waals surface area contributed by atoms with Gasteiger partial charge in [0.25, 0.3) is 0 Å². The van der Waals surface area contributed by atoms with Crippen molar-refractivity contribution in [2.75, 3.05) is 32.1 Å². The standard InChI is InChI=1S/C13H20N2O2/c1-3-11-6-4-5-7-12(11)15-13(16)10-14-8-9-17-2/h4-7,14H,3,8-10H2,1-2H3,(H,15,16). The first-order valence-corrected chi connectivity index (χ1v) is 5.85. The van der Waals surface area contributed by atoms with Gasteiger partial charge in [0, 0.05) is 19.3 Å². The molecule has 0 aliphatic carbocycles. The molecular formula is C13H20N2O2. The first kappa shape index (κ1) is 13.7. The van der Waals surface area contributed by atoms with Gasteiger partial charge in [0.1, 0.15) is 0 Å². The monoisotopic (exact) mass is 236 g/mol. The molecule has 0 heterocycles. The van der Waals surface area contributed by atoms with Gasteiger partial charge in [0.05, 0.1) is 13.2 Å². The number of hydrogen-bond acceptors (Lipinski definition) is 3. The number of aryl methyl sites for hydroxylation is 1. The normalized spacial score (nSPS) is 10.2. The molecule has 0 fully saturated rings. The van der Waals surface area contributed by atoms with Crippen LogP contribution < -0.4 is 10.6 Å². The number of methoxy groups -OCH3 is 1. The largest absolute Gasteiger partial charge is 0.383 e. The summed E-state index contributed by atoms with van der Waals surface area (Å²) in [6.07, 6.45) is 0.910. The van der Waals surface area contributed by atoms with E-state index in [0.29, 0.717) is 19.7 Å². The molecule has 1 aromatic carbocycles. The minimum Gasteiger partial charge on any atom is -0.383 e. The van der Waals surface area contributed by atoms with Crippen molar-refractivity contribution >= 4 is 11.6 Å². The number of nitrogens with one attached hydrogen (secondary N) is 2. The maximum atomic E-state index is 11.6. The first-order chi connectivity index (χ1) is 8.27. The second-order valence-electron chi connectivity index (χ2n) is 3.73. The summed E-state index contributed by atoms with van der Waals surface area (Å²) >= 11 is 0. The molecule has 0 spiro atoms. The van der Waals surface area contributed by atoms with E-state index in [0.717, 1.165) is 17.7 Å². The zero-order valence-electron chi connectivity index (χ0n) is 10.5. The molecule has 17 heavy (non-hydrogen) atoms. The quantitative estimate of drug-likeness (QED) is 0.704. The smallest absolute Gasteiger partial charge is 0.238 e. The first-order valence-electron chi connectivity index (χ1n) is 5.85. The van der Waals surface area contributed by atoms with Crippen LogP contribution in [-0.2, 0) is 16.0 Å². The highest BCUT2D eigenvalue weighted by Gasteiger charge is 2.04. The van der Waals surface area contributed by atoms with Crippen molar-refractivity contribution in [1.29, 1.82) is 0 Å². The average Bonchev–Trinajstić information content (AvgIpc) is 2.35. The van der Waals surface area contributed by atoms with Gasteiger partial charge in [-0.3, -0.25) is 4.79 Å². The lowest BCUT2D eigenvalue weighted by atomic mass is 10.1. The Morgan fingerprint density at radius 3 is 2.82 bits per heavy atom. The van der Waals surface area contributed by atoms with Crippen LogP contribution in [0.25, 0.3) is 0 Å². The van der Waals surface area contributed by atoms with Crippen molar-refractivity contribution in [1.82, 2.24) is 5.32 Å². The van der Waals surface area contributed by atoms with E-state index in [4.69, 9.17) is 4.74 Å². The lowest BCUT2D eigenvalue weighted by Gasteiger charge is -2.10. The summed E-state index contributed by atoms with van der Waals surface area (Å²) < 4.78 is 4.88. The Morgan fingerprint density at radius 2 is 2.12 bits per heavy atom. The number of rotatable bonds is 7. The SMILES string of the molecule is CCc1ccccc1NC(=O)CNCCOC. The van der Waals surface area contributed by atoms with E-state index in [2.05, 4.69) is 17.6 Å². The minimum absolute atomic E-state index is 0.0259. The summed E-state index contributed by atoms with van der Waals surface area (Å²) in [7, 11) is 1.64. The molecule has 1 aromatic rings. The topological polar surface area (TPSA) is 50.4 Å². The second kappa shape index (κ2) is 7.81. The van der Waals surface area contributed by atoms with Gasteiger partial charge >= 0.3 is 0 Å². The van der Waals surface area contributed by atoms with Crippen LogP contribution in [0.2, 0.25) is 0 Å². The van der Waals surface area contributed by atoms with Crippen molar-refractivity contribution in [3.05, 3.63) is 29.8 Å². The summed E-state index contributed by atoms with van der Waals surface area (Å²) in [5.41, 5.74) is 2.05. The fourth-order valence-electron chi connectivity index (χ4n) is 1.52. The van der Waals surface area contributed by atoms with Gasteiger partial charge in [0.15, 0.2) is 0 Å². The maximum absolute atomic E-state index is 11.6. The predicted octanol–water partition coefficient (Wildman–Crippen LogP) is 1.42.